The van der Waals surface area contributed by atoms with E-state index in [0.717, 1.165) is 12.5 Å². The lowest BCUT2D eigenvalue weighted by Crippen LogP contribution is -2.42. The first-order chi connectivity index (χ1) is 16.3. The Morgan fingerprint density at radius 1 is 1.11 bits per heavy atom. The van der Waals surface area contributed by atoms with Crippen LogP contribution in [-0.2, 0) is 15.4 Å². The Balaban J connectivity index is 1.78. The Bertz CT molecular complexity index is 1490. The molecule has 1 N–H and O–H groups in total. The van der Waals surface area contributed by atoms with Gasteiger partial charge in [-0.15, -0.1) is 5.10 Å². The van der Waals surface area contributed by atoms with Crippen molar-refractivity contribution in [1.82, 2.24) is 19.4 Å². The van der Waals surface area contributed by atoms with Gasteiger partial charge < -0.3 is 9.51 Å². The summed E-state index contributed by atoms with van der Waals surface area (Å²) in [4.78, 5) is 0.0511. The van der Waals surface area contributed by atoms with Gasteiger partial charge in [-0.3, -0.25) is 0 Å². The maximum Gasteiger partial charge on any atom is 0.423 e. The number of nitrogens with zero attached hydrogens (tertiary/aromatic N) is 4. The molecule has 0 aliphatic carbocycles. The Labute approximate surface area is 198 Å². The van der Waals surface area contributed by atoms with Crippen LogP contribution in [0.5, 0.6) is 0 Å². The summed E-state index contributed by atoms with van der Waals surface area (Å²) in [5.74, 6) is -0.459. The summed E-state index contributed by atoms with van der Waals surface area (Å²) in [6.07, 6.45) is -1.79. The second kappa shape index (κ2) is 8.45. The number of aromatic nitrogens is 4. The molecular formula is C23H22F4N4O3S. The van der Waals surface area contributed by atoms with Gasteiger partial charge in [0, 0.05) is 23.5 Å². The number of halogens is 4. The Morgan fingerprint density at radius 2 is 1.77 bits per heavy atom. The average Bonchev–Trinajstić information content (AvgIpc) is 3.43. The van der Waals surface area contributed by atoms with Gasteiger partial charge in [0.05, 0.1) is 22.8 Å². The number of hydrogen-bond donors (Lipinski definition) is 1. The summed E-state index contributed by atoms with van der Waals surface area (Å²) in [6, 6.07) is 9.69. The van der Waals surface area contributed by atoms with E-state index in [1.165, 1.54) is 41.9 Å². The van der Waals surface area contributed by atoms with Gasteiger partial charge in [-0.1, -0.05) is 12.1 Å². The topological polar surface area (TPSA) is 89.5 Å². The summed E-state index contributed by atoms with van der Waals surface area (Å²) >= 11 is 0. The first-order valence-electron chi connectivity index (χ1n) is 10.6. The summed E-state index contributed by atoms with van der Waals surface area (Å²) in [5.41, 5.74) is -1.74. The van der Waals surface area contributed by atoms with Gasteiger partial charge in [0.15, 0.2) is 9.84 Å². The van der Waals surface area contributed by atoms with Gasteiger partial charge in [-0.25, -0.2) is 17.5 Å². The largest absolute Gasteiger partial charge is 0.423 e. The van der Waals surface area contributed by atoms with Crippen molar-refractivity contribution in [3.8, 4) is 11.3 Å². The minimum atomic E-state index is -4.92. The predicted octanol–water partition coefficient (Wildman–Crippen LogP) is 4.51. The molecular weight excluding hydrogens is 488 g/mol. The molecule has 0 fully saturated rings. The Morgan fingerprint density at radius 3 is 2.34 bits per heavy atom. The van der Waals surface area contributed by atoms with E-state index in [4.69, 9.17) is 0 Å². The molecule has 2 unspecified atom stereocenters. The van der Waals surface area contributed by atoms with Crippen molar-refractivity contribution in [2.24, 2.45) is 0 Å². The van der Waals surface area contributed by atoms with Crippen molar-refractivity contribution < 1.29 is 31.1 Å². The Kier molecular flexibility index (Phi) is 6.00. The third-order valence-corrected chi connectivity index (χ3v) is 7.18. The maximum atomic E-state index is 13.4. The van der Waals surface area contributed by atoms with E-state index in [2.05, 4.69) is 10.3 Å². The molecule has 3 heterocycles. The molecule has 0 radical (unpaired) electrons. The molecule has 2 atom stereocenters. The number of alkyl halides is 3. The van der Waals surface area contributed by atoms with E-state index in [9.17, 15) is 31.1 Å². The third-order valence-electron chi connectivity index (χ3n) is 6.07. The Hall–Kier alpha value is -3.25. The zero-order valence-corrected chi connectivity index (χ0v) is 19.8. The number of fused-ring (bicyclic) bond motifs is 1. The van der Waals surface area contributed by atoms with Crippen molar-refractivity contribution in [2.75, 3.05) is 6.26 Å². The number of pyridine rings is 1. The predicted molar refractivity (Wildman–Crippen MR) is 120 cm³/mol. The van der Waals surface area contributed by atoms with Gasteiger partial charge in [-0.2, -0.15) is 13.2 Å². The molecule has 0 aliphatic rings. The highest BCUT2D eigenvalue weighted by Gasteiger charge is 2.55. The highest BCUT2D eigenvalue weighted by molar-refractivity contribution is 7.90. The van der Waals surface area contributed by atoms with Crippen LogP contribution in [0.3, 0.4) is 0 Å². The highest BCUT2D eigenvalue weighted by atomic mass is 32.2. The number of benzene rings is 1. The molecule has 35 heavy (non-hydrogen) atoms. The molecule has 186 valence electrons. The van der Waals surface area contributed by atoms with Crippen LogP contribution in [-0.4, -0.2) is 45.4 Å². The summed E-state index contributed by atoms with van der Waals surface area (Å²) in [7, 11) is -3.65. The summed E-state index contributed by atoms with van der Waals surface area (Å²) in [5, 5.41) is 17.5. The molecule has 4 aromatic rings. The van der Waals surface area contributed by atoms with Crippen molar-refractivity contribution in [1.29, 1.82) is 0 Å². The van der Waals surface area contributed by atoms with Crippen LogP contribution in [0.1, 0.15) is 37.6 Å². The van der Waals surface area contributed by atoms with E-state index < -0.39 is 45.6 Å². The van der Waals surface area contributed by atoms with Crippen molar-refractivity contribution in [3.63, 3.8) is 0 Å². The van der Waals surface area contributed by atoms with E-state index in [1.807, 2.05) is 0 Å². The monoisotopic (exact) mass is 510 g/mol. The fourth-order valence-electron chi connectivity index (χ4n) is 3.94. The fraction of sp³-hybridized carbons (Fsp3) is 0.304. The average molecular weight is 511 g/mol. The molecule has 0 spiro atoms. The van der Waals surface area contributed by atoms with Crippen molar-refractivity contribution >= 4 is 15.4 Å². The smallest absolute Gasteiger partial charge is 0.375 e. The number of rotatable bonds is 6. The molecule has 7 nitrogen and oxygen atoms in total. The lowest BCUT2D eigenvalue weighted by molar-refractivity contribution is -0.269. The lowest BCUT2D eigenvalue weighted by Gasteiger charge is -2.26. The number of hydrogen-bond acceptors (Lipinski definition) is 5. The fourth-order valence-corrected chi connectivity index (χ4v) is 4.84. The van der Waals surface area contributed by atoms with E-state index >= 15 is 0 Å². The number of sulfone groups is 1. The van der Waals surface area contributed by atoms with E-state index in [-0.39, 0.29) is 4.90 Å². The van der Waals surface area contributed by atoms with Gasteiger partial charge >= 0.3 is 6.18 Å². The number of aliphatic hydroxyl groups is 1. The second-order valence-corrected chi connectivity index (χ2v) is 10.3. The zero-order chi connectivity index (χ0) is 25.8. The van der Waals surface area contributed by atoms with Gasteiger partial charge in [0.2, 0.25) is 5.60 Å². The first-order valence-corrected chi connectivity index (χ1v) is 12.5. The van der Waals surface area contributed by atoms with Gasteiger partial charge in [-0.05, 0) is 61.4 Å². The van der Waals surface area contributed by atoms with Crippen LogP contribution in [0.4, 0.5) is 17.6 Å². The van der Waals surface area contributed by atoms with Gasteiger partial charge in [0.25, 0.3) is 0 Å². The zero-order valence-electron chi connectivity index (χ0n) is 19.0. The quantitative estimate of drug-likeness (QED) is 0.386. The van der Waals surface area contributed by atoms with E-state index in [0.29, 0.717) is 22.3 Å². The van der Waals surface area contributed by atoms with Gasteiger partial charge in [0.1, 0.15) is 11.5 Å². The van der Waals surface area contributed by atoms with Crippen LogP contribution in [0.15, 0.2) is 59.8 Å². The molecule has 12 heteroatoms. The van der Waals surface area contributed by atoms with Crippen molar-refractivity contribution in [2.45, 2.75) is 43.0 Å². The van der Waals surface area contributed by atoms with E-state index in [1.54, 1.807) is 29.7 Å². The minimum absolute atomic E-state index is 0.0511. The molecule has 0 bridgehead atoms. The second-order valence-electron chi connectivity index (χ2n) is 8.36. The van der Waals surface area contributed by atoms with Crippen LogP contribution < -0.4 is 0 Å². The van der Waals surface area contributed by atoms with Crippen LogP contribution in [0.25, 0.3) is 16.8 Å². The van der Waals surface area contributed by atoms with Crippen molar-refractivity contribution in [3.05, 3.63) is 71.9 Å². The standard InChI is InChI=1S/C23H22F4N4O3S/c1-4-22(32,23(25,26)27)20-13-31(29-28-20)14(2)16-9-10-30-18(11-16)12-19(35(3,33)34)21(30)15-5-7-17(24)8-6-15/h5-14,32H,4H2,1-3H3. The summed E-state index contributed by atoms with van der Waals surface area (Å²) in [6.45, 7) is 2.89. The molecule has 0 amide bonds. The molecule has 4 rings (SSSR count). The highest BCUT2D eigenvalue weighted by Crippen LogP contribution is 2.40. The minimum Gasteiger partial charge on any atom is -0.375 e. The third kappa shape index (κ3) is 4.31. The normalized spacial score (nSPS) is 15.3. The first kappa shape index (κ1) is 24.9. The van der Waals surface area contributed by atoms with Crippen LogP contribution in [0, 0.1) is 5.82 Å². The van der Waals surface area contributed by atoms with Crippen LogP contribution in [0.2, 0.25) is 0 Å². The summed E-state index contributed by atoms with van der Waals surface area (Å²) < 4.78 is 81.4. The molecule has 0 aliphatic heterocycles. The van der Waals surface area contributed by atoms with Crippen LogP contribution >= 0.6 is 0 Å². The maximum absolute atomic E-state index is 13.4. The molecule has 3 aromatic heterocycles. The SMILES string of the molecule is CCC(O)(c1cn(C(C)c2ccn3c(-c4ccc(F)cc4)c(S(C)(=O)=O)cc3c2)nn1)C(F)(F)F. The molecule has 0 saturated carbocycles. The lowest BCUT2D eigenvalue weighted by atomic mass is 9.96. The molecule has 1 aromatic carbocycles. The molecule has 0 saturated heterocycles.